The maximum absolute atomic E-state index is 12.3. The highest BCUT2D eigenvalue weighted by atomic mass is 16.1. The molecule has 0 unspecified atom stereocenters. The molecule has 0 saturated heterocycles. The first-order valence-corrected chi connectivity index (χ1v) is 7.52. The van der Waals surface area contributed by atoms with Gasteiger partial charge in [-0.1, -0.05) is 35.9 Å². The summed E-state index contributed by atoms with van der Waals surface area (Å²) in [6, 6.07) is 10.4. The van der Waals surface area contributed by atoms with Gasteiger partial charge in [-0.3, -0.25) is 9.59 Å². The van der Waals surface area contributed by atoms with Gasteiger partial charge in [0.2, 0.25) is 0 Å². The standard InChI is InChI=1S/C18H20O2/c19-16-10-12-18(15(13-16)8-9-17(18)20)11-4-7-14-5-2-1-3-6-14/h1-3,5-6,13H,4,7-12H2/t18-/m0/s1. The molecule has 0 spiro atoms. The van der Waals surface area contributed by atoms with Crippen LogP contribution in [0.2, 0.25) is 0 Å². The minimum Gasteiger partial charge on any atom is -0.299 e. The Morgan fingerprint density at radius 1 is 1.00 bits per heavy atom. The van der Waals surface area contributed by atoms with Crippen LogP contribution in [0.3, 0.4) is 0 Å². The third kappa shape index (κ3) is 2.35. The van der Waals surface area contributed by atoms with Crippen molar-refractivity contribution in [1.82, 2.24) is 0 Å². The average Bonchev–Trinajstić information content (AvgIpc) is 2.78. The van der Waals surface area contributed by atoms with Gasteiger partial charge in [-0.05, 0) is 43.7 Å². The summed E-state index contributed by atoms with van der Waals surface area (Å²) >= 11 is 0. The van der Waals surface area contributed by atoms with Gasteiger partial charge in [-0.25, -0.2) is 0 Å². The Morgan fingerprint density at radius 3 is 2.60 bits per heavy atom. The second kappa shape index (κ2) is 5.35. The number of allylic oxidation sites excluding steroid dienone is 2. The highest BCUT2D eigenvalue weighted by molar-refractivity contribution is 5.99. The monoisotopic (exact) mass is 268 g/mol. The molecule has 0 aromatic heterocycles. The molecule has 0 radical (unpaired) electrons. The first kappa shape index (κ1) is 13.3. The number of rotatable bonds is 4. The second-order valence-electron chi connectivity index (χ2n) is 5.98. The van der Waals surface area contributed by atoms with E-state index in [2.05, 4.69) is 24.3 Å². The summed E-state index contributed by atoms with van der Waals surface area (Å²) in [4.78, 5) is 23.9. The third-order valence-electron chi connectivity index (χ3n) is 4.82. The summed E-state index contributed by atoms with van der Waals surface area (Å²) in [5.74, 6) is 0.567. The highest BCUT2D eigenvalue weighted by Gasteiger charge is 2.46. The summed E-state index contributed by atoms with van der Waals surface area (Å²) in [6.07, 6.45) is 7.40. The summed E-state index contributed by atoms with van der Waals surface area (Å²) in [5.41, 5.74) is 2.15. The smallest absolute Gasteiger partial charge is 0.155 e. The van der Waals surface area contributed by atoms with E-state index in [0.29, 0.717) is 18.6 Å². The molecule has 0 aliphatic heterocycles. The van der Waals surface area contributed by atoms with Gasteiger partial charge in [-0.15, -0.1) is 0 Å². The molecule has 0 bridgehead atoms. The van der Waals surface area contributed by atoms with E-state index in [0.717, 1.165) is 37.7 Å². The molecule has 0 N–H and O–H groups in total. The van der Waals surface area contributed by atoms with Gasteiger partial charge < -0.3 is 0 Å². The van der Waals surface area contributed by atoms with E-state index in [1.807, 2.05) is 6.07 Å². The minimum atomic E-state index is -0.289. The predicted molar refractivity (Wildman–Crippen MR) is 78.4 cm³/mol. The number of hydrogen-bond acceptors (Lipinski definition) is 2. The van der Waals surface area contributed by atoms with Crippen molar-refractivity contribution in [2.24, 2.45) is 5.41 Å². The molecule has 1 aromatic carbocycles. The minimum absolute atomic E-state index is 0.202. The molecule has 2 aliphatic carbocycles. The Kier molecular flexibility index (Phi) is 3.56. The van der Waals surface area contributed by atoms with Crippen molar-refractivity contribution < 1.29 is 9.59 Å². The van der Waals surface area contributed by atoms with Crippen molar-refractivity contribution in [1.29, 1.82) is 0 Å². The number of hydrogen-bond donors (Lipinski definition) is 0. The number of aryl methyl sites for hydroxylation is 1. The van der Waals surface area contributed by atoms with Crippen molar-refractivity contribution in [2.45, 2.75) is 44.9 Å². The zero-order valence-corrected chi connectivity index (χ0v) is 11.7. The van der Waals surface area contributed by atoms with E-state index < -0.39 is 0 Å². The molecule has 1 fully saturated rings. The summed E-state index contributed by atoms with van der Waals surface area (Å²) in [6.45, 7) is 0. The molecule has 2 nitrogen and oxygen atoms in total. The van der Waals surface area contributed by atoms with Crippen LogP contribution in [0.1, 0.15) is 44.1 Å². The fraction of sp³-hybridized carbons (Fsp3) is 0.444. The first-order valence-electron chi connectivity index (χ1n) is 7.52. The first-order chi connectivity index (χ1) is 9.71. The third-order valence-corrected chi connectivity index (χ3v) is 4.82. The molecular formula is C18H20O2. The van der Waals surface area contributed by atoms with Crippen LogP contribution in [0.15, 0.2) is 42.0 Å². The molecule has 104 valence electrons. The van der Waals surface area contributed by atoms with Crippen LogP contribution in [-0.2, 0) is 16.0 Å². The lowest BCUT2D eigenvalue weighted by atomic mass is 9.70. The zero-order chi connectivity index (χ0) is 14.0. The van der Waals surface area contributed by atoms with Crippen LogP contribution in [0, 0.1) is 5.41 Å². The second-order valence-corrected chi connectivity index (χ2v) is 5.98. The molecule has 1 saturated carbocycles. The van der Waals surface area contributed by atoms with Crippen LogP contribution in [0.25, 0.3) is 0 Å². The molecular weight excluding hydrogens is 248 g/mol. The molecule has 0 amide bonds. The average molecular weight is 268 g/mol. The van der Waals surface area contributed by atoms with Crippen molar-refractivity contribution in [3.8, 4) is 0 Å². The van der Waals surface area contributed by atoms with Crippen molar-refractivity contribution >= 4 is 11.6 Å². The van der Waals surface area contributed by atoms with Gasteiger partial charge in [0, 0.05) is 12.8 Å². The molecule has 2 heteroatoms. The fourth-order valence-electron chi connectivity index (χ4n) is 3.68. The topological polar surface area (TPSA) is 34.1 Å². The molecule has 2 aliphatic rings. The largest absolute Gasteiger partial charge is 0.299 e. The van der Waals surface area contributed by atoms with Crippen LogP contribution >= 0.6 is 0 Å². The Morgan fingerprint density at radius 2 is 1.80 bits per heavy atom. The van der Waals surface area contributed by atoms with Gasteiger partial charge in [0.25, 0.3) is 0 Å². The van der Waals surface area contributed by atoms with Crippen LogP contribution in [0.5, 0.6) is 0 Å². The van der Waals surface area contributed by atoms with E-state index in [-0.39, 0.29) is 11.2 Å². The normalized spacial score (nSPS) is 25.5. The predicted octanol–water partition coefficient (Wildman–Crippen LogP) is 3.65. The number of fused-ring (bicyclic) bond motifs is 1. The van der Waals surface area contributed by atoms with Gasteiger partial charge in [0.1, 0.15) is 5.78 Å². The van der Waals surface area contributed by atoms with E-state index in [9.17, 15) is 9.59 Å². The molecule has 1 aromatic rings. The molecule has 20 heavy (non-hydrogen) atoms. The lowest BCUT2D eigenvalue weighted by Crippen LogP contribution is -2.31. The zero-order valence-electron chi connectivity index (χ0n) is 11.7. The Bertz CT molecular complexity index is 556. The summed E-state index contributed by atoms with van der Waals surface area (Å²) in [7, 11) is 0. The summed E-state index contributed by atoms with van der Waals surface area (Å²) < 4.78 is 0. The van der Waals surface area contributed by atoms with Gasteiger partial charge in [0.15, 0.2) is 5.78 Å². The van der Waals surface area contributed by atoms with Crippen LogP contribution in [-0.4, -0.2) is 11.6 Å². The Balaban J connectivity index is 1.70. The molecule has 1 atom stereocenters. The van der Waals surface area contributed by atoms with Crippen LogP contribution in [0.4, 0.5) is 0 Å². The van der Waals surface area contributed by atoms with E-state index in [1.54, 1.807) is 6.08 Å². The Labute approximate surface area is 119 Å². The van der Waals surface area contributed by atoms with E-state index in [1.165, 1.54) is 5.56 Å². The van der Waals surface area contributed by atoms with Gasteiger partial charge >= 0.3 is 0 Å². The van der Waals surface area contributed by atoms with Crippen molar-refractivity contribution in [2.75, 3.05) is 0 Å². The van der Waals surface area contributed by atoms with Gasteiger partial charge in [-0.2, -0.15) is 0 Å². The number of benzene rings is 1. The summed E-state index contributed by atoms with van der Waals surface area (Å²) in [5, 5.41) is 0. The lowest BCUT2D eigenvalue weighted by molar-refractivity contribution is -0.126. The SMILES string of the molecule is O=C1C=C2CCC(=O)[C@@]2(CCCc2ccccc2)CC1. The number of carbonyl (C=O) groups is 2. The maximum atomic E-state index is 12.3. The van der Waals surface area contributed by atoms with Crippen molar-refractivity contribution in [3.63, 3.8) is 0 Å². The van der Waals surface area contributed by atoms with E-state index >= 15 is 0 Å². The highest BCUT2D eigenvalue weighted by Crippen LogP contribution is 2.49. The molecule has 3 rings (SSSR count). The van der Waals surface area contributed by atoms with Crippen LogP contribution < -0.4 is 0 Å². The van der Waals surface area contributed by atoms with Crippen molar-refractivity contribution in [3.05, 3.63) is 47.5 Å². The quantitative estimate of drug-likeness (QED) is 0.835. The maximum Gasteiger partial charge on any atom is 0.155 e. The molecule has 0 heterocycles. The number of Topliss-reactive ketones (excluding diaryl/α,β-unsaturated/α-hetero) is 1. The fourth-order valence-corrected chi connectivity index (χ4v) is 3.68. The lowest BCUT2D eigenvalue weighted by Gasteiger charge is -2.32. The Hall–Kier alpha value is -1.70. The number of carbonyl (C=O) groups excluding carboxylic acids is 2. The number of ketones is 2. The van der Waals surface area contributed by atoms with Gasteiger partial charge in [0.05, 0.1) is 5.41 Å². The van der Waals surface area contributed by atoms with E-state index in [4.69, 9.17) is 0 Å².